The van der Waals surface area contributed by atoms with Crippen molar-refractivity contribution in [3.63, 3.8) is 0 Å². The van der Waals surface area contributed by atoms with Gasteiger partial charge in [0, 0.05) is 5.56 Å². The summed E-state index contributed by atoms with van der Waals surface area (Å²) in [6.07, 6.45) is 0.624. The van der Waals surface area contributed by atoms with Crippen LogP contribution in [0.25, 0.3) is 0 Å². The number of carbonyl (C=O) groups is 1. The minimum absolute atomic E-state index is 0.181. The highest BCUT2D eigenvalue weighted by Gasteiger charge is 2.28. The van der Waals surface area contributed by atoms with Gasteiger partial charge in [-0.1, -0.05) is 19.1 Å². The van der Waals surface area contributed by atoms with E-state index in [9.17, 15) is 4.79 Å². The Morgan fingerprint density at radius 3 is 2.79 bits per heavy atom. The zero-order chi connectivity index (χ0) is 14.0. The molecular weight excluding hydrogens is 264 g/mol. The van der Waals surface area contributed by atoms with Crippen molar-refractivity contribution in [2.45, 2.75) is 25.8 Å². The Hall–Kier alpha value is -1.82. The number of rotatable bonds is 4. The third kappa shape index (κ3) is 2.63. The van der Waals surface area contributed by atoms with Crippen LogP contribution in [-0.4, -0.2) is 23.2 Å². The molecule has 0 aromatic heterocycles. The van der Waals surface area contributed by atoms with Crippen LogP contribution in [0, 0.1) is 0 Å². The molecule has 1 aromatic rings. The van der Waals surface area contributed by atoms with Crippen LogP contribution in [0.1, 0.15) is 30.6 Å². The Morgan fingerprint density at radius 2 is 2.16 bits per heavy atom. The van der Waals surface area contributed by atoms with E-state index >= 15 is 0 Å². The summed E-state index contributed by atoms with van der Waals surface area (Å²) in [5, 5.41) is 2.85. The normalized spacial score (nSPS) is 15.7. The van der Waals surface area contributed by atoms with Gasteiger partial charge in [0.05, 0.1) is 10.5 Å². The molecule has 0 spiro atoms. The Balaban J connectivity index is 2.18. The highest BCUT2D eigenvalue weighted by Crippen LogP contribution is 2.32. The number of benzene rings is 1. The zero-order valence-electron chi connectivity index (χ0n) is 10.9. The van der Waals surface area contributed by atoms with Crippen LogP contribution >= 0.6 is 12.2 Å². The highest BCUT2D eigenvalue weighted by atomic mass is 32.1. The van der Waals surface area contributed by atoms with Crippen molar-refractivity contribution in [2.24, 2.45) is 5.73 Å². The van der Waals surface area contributed by atoms with E-state index in [-0.39, 0.29) is 17.7 Å². The molecule has 2 rings (SSSR count). The van der Waals surface area contributed by atoms with Gasteiger partial charge in [-0.15, -0.1) is 0 Å². The Labute approximate surface area is 117 Å². The Bertz CT molecular complexity index is 533. The van der Waals surface area contributed by atoms with Crippen molar-refractivity contribution in [1.82, 2.24) is 5.32 Å². The molecule has 5 nitrogen and oxygen atoms in total. The van der Waals surface area contributed by atoms with Crippen LogP contribution < -0.4 is 20.5 Å². The minimum Gasteiger partial charge on any atom is -0.454 e. The number of thiocarbonyl (C=S) groups is 1. The Kier molecular flexibility index (Phi) is 3.61. The molecule has 0 fully saturated rings. The molecule has 0 saturated heterocycles. The van der Waals surface area contributed by atoms with Gasteiger partial charge in [0.2, 0.25) is 6.79 Å². The molecule has 0 saturated carbocycles. The molecule has 3 N–H and O–H groups in total. The molecule has 1 aromatic carbocycles. The molecule has 6 heteroatoms. The topological polar surface area (TPSA) is 73.6 Å². The zero-order valence-corrected chi connectivity index (χ0v) is 11.7. The lowest BCUT2D eigenvalue weighted by Crippen LogP contribution is -2.54. The smallest absolute Gasteiger partial charge is 0.252 e. The summed E-state index contributed by atoms with van der Waals surface area (Å²) in [6.45, 7) is 3.90. The number of nitrogens with two attached hydrogens (primary N) is 1. The van der Waals surface area contributed by atoms with Gasteiger partial charge in [-0.3, -0.25) is 4.79 Å². The minimum atomic E-state index is -0.692. The molecule has 0 bridgehead atoms. The van der Waals surface area contributed by atoms with E-state index in [1.54, 1.807) is 25.1 Å². The lowest BCUT2D eigenvalue weighted by Gasteiger charge is -2.28. The van der Waals surface area contributed by atoms with Crippen LogP contribution in [0.15, 0.2) is 18.2 Å². The largest absolute Gasteiger partial charge is 0.454 e. The average molecular weight is 280 g/mol. The van der Waals surface area contributed by atoms with Crippen LogP contribution in [0.3, 0.4) is 0 Å². The summed E-state index contributed by atoms with van der Waals surface area (Å²) in [5.74, 6) is 0.973. The van der Waals surface area contributed by atoms with Crippen LogP contribution in [0.2, 0.25) is 0 Å². The van der Waals surface area contributed by atoms with Crippen LogP contribution in [-0.2, 0) is 0 Å². The van der Waals surface area contributed by atoms with Crippen molar-refractivity contribution < 1.29 is 14.3 Å². The third-order valence-electron chi connectivity index (χ3n) is 3.28. The summed E-state index contributed by atoms with van der Waals surface area (Å²) >= 11 is 5.00. The van der Waals surface area contributed by atoms with Crippen molar-refractivity contribution >= 4 is 23.1 Å². The number of amides is 1. The number of fused-ring (bicyclic) bond motifs is 1. The van der Waals surface area contributed by atoms with Crippen molar-refractivity contribution in [3.8, 4) is 11.5 Å². The number of hydrogen-bond donors (Lipinski definition) is 2. The molecule has 0 aliphatic carbocycles. The number of ether oxygens (including phenoxy) is 2. The van der Waals surface area contributed by atoms with Gasteiger partial charge in [0.15, 0.2) is 11.5 Å². The summed E-state index contributed by atoms with van der Waals surface area (Å²) < 4.78 is 10.4. The standard InChI is InChI=1S/C13H16N2O3S/c1-3-13(2,12(14)19)15-11(16)8-4-5-9-10(6-8)18-7-17-9/h4-6H,3,7H2,1-2H3,(H2,14,19)(H,15,16). The fourth-order valence-electron chi connectivity index (χ4n) is 1.68. The second-order valence-electron chi connectivity index (χ2n) is 4.57. The van der Waals surface area contributed by atoms with Gasteiger partial charge in [0.25, 0.3) is 5.91 Å². The molecule has 1 aliphatic rings. The van der Waals surface area contributed by atoms with E-state index in [0.29, 0.717) is 23.5 Å². The molecule has 1 atom stereocenters. The van der Waals surface area contributed by atoms with E-state index in [2.05, 4.69) is 5.32 Å². The molecule has 1 heterocycles. The van der Waals surface area contributed by atoms with Gasteiger partial charge in [-0.2, -0.15) is 0 Å². The number of nitrogens with one attached hydrogen (secondary N) is 1. The third-order valence-corrected chi connectivity index (χ3v) is 3.73. The van der Waals surface area contributed by atoms with E-state index in [1.165, 1.54) is 0 Å². The maximum Gasteiger partial charge on any atom is 0.252 e. The second-order valence-corrected chi connectivity index (χ2v) is 5.01. The van der Waals surface area contributed by atoms with Crippen LogP contribution in [0.4, 0.5) is 0 Å². The van der Waals surface area contributed by atoms with E-state index < -0.39 is 5.54 Å². The van der Waals surface area contributed by atoms with Crippen molar-refractivity contribution in [1.29, 1.82) is 0 Å². The number of carbonyl (C=O) groups excluding carboxylic acids is 1. The highest BCUT2D eigenvalue weighted by molar-refractivity contribution is 7.80. The van der Waals surface area contributed by atoms with E-state index in [4.69, 9.17) is 27.4 Å². The van der Waals surface area contributed by atoms with Gasteiger partial charge >= 0.3 is 0 Å². The maximum atomic E-state index is 12.2. The van der Waals surface area contributed by atoms with Crippen molar-refractivity contribution in [3.05, 3.63) is 23.8 Å². The SMILES string of the molecule is CCC(C)(NC(=O)c1ccc2c(c1)OCO2)C(N)=S. The lowest BCUT2D eigenvalue weighted by molar-refractivity contribution is 0.0926. The molecule has 1 unspecified atom stereocenters. The first-order valence-electron chi connectivity index (χ1n) is 5.98. The molecule has 1 amide bonds. The fraction of sp³-hybridized carbons (Fsp3) is 0.385. The first kappa shape index (κ1) is 13.6. The average Bonchev–Trinajstić information content (AvgIpc) is 2.85. The monoisotopic (exact) mass is 280 g/mol. The summed E-state index contributed by atoms with van der Waals surface area (Å²) in [6, 6.07) is 5.03. The predicted octanol–water partition coefficient (Wildman–Crippen LogP) is 1.60. The first-order valence-corrected chi connectivity index (χ1v) is 6.39. The fourth-order valence-corrected chi connectivity index (χ4v) is 1.88. The summed E-state index contributed by atoms with van der Waals surface area (Å²) in [7, 11) is 0. The first-order chi connectivity index (χ1) is 8.96. The molecular formula is C13H16N2O3S. The maximum absolute atomic E-state index is 12.2. The summed E-state index contributed by atoms with van der Waals surface area (Å²) in [4.78, 5) is 12.5. The van der Waals surface area contributed by atoms with E-state index in [0.717, 1.165) is 0 Å². The molecule has 19 heavy (non-hydrogen) atoms. The van der Waals surface area contributed by atoms with Gasteiger partial charge in [-0.05, 0) is 31.5 Å². The van der Waals surface area contributed by atoms with Gasteiger partial charge in [-0.25, -0.2) is 0 Å². The second kappa shape index (κ2) is 5.05. The van der Waals surface area contributed by atoms with Crippen molar-refractivity contribution in [2.75, 3.05) is 6.79 Å². The summed E-state index contributed by atoms with van der Waals surface area (Å²) in [5.41, 5.74) is 5.46. The molecule has 0 radical (unpaired) electrons. The van der Waals surface area contributed by atoms with Crippen LogP contribution in [0.5, 0.6) is 11.5 Å². The Morgan fingerprint density at radius 1 is 1.47 bits per heavy atom. The lowest BCUT2D eigenvalue weighted by atomic mass is 9.98. The number of hydrogen-bond acceptors (Lipinski definition) is 4. The predicted molar refractivity (Wildman–Crippen MR) is 75.5 cm³/mol. The molecule has 1 aliphatic heterocycles. The van der Waals surface area contributed by atoms with E-state index in [1.807, 2.05) is 6.92 Å². The van der Waals surface area contributed by atoms with Gasteiger partial charge < -0.3 is 20.5 Å². The molecule has 102 valence electrons. The quantitative estimate of drug-likeness (QED) is 0.820. The van der Waals surface area contributed by atoms with Gasteiger partial charge in [0.1, 0.15) is 0 Å².